The van der Waals surface area contributed by atoms with Gasteiger partial charge in [-0.15, -0.1) is 0 Å². The van der Waals surface area contributed by atoms with Crippen LogP contribution in [0.15, 0.2) is 72.8 Å². The number of benzene rings is 3. The molecule has 0 amide bonds. The molecule has 3 atom stereocenters. The average molecular weight is 653 g/mol. The van der Waals surface area contributed by atoms with E-state index in [1.807, 2.05) is 72.8 Å². The molecule has 0 saturated carbocycles. The van der Waals surface area contributed by atoms with Crippen LogP contribution >= 0.6 is 0 Å². The van der Waals surface area contributed by atoms with Crippen LogP contribution in [0.1, 0.15) is 43.9 Å². The molecule has 0 N–H and O–H groups in total. The fraction of sp³-hybridized carbons (Fsp3) is 0.486. The first-order chi connectivity index (χ1) is 22.0. The molecule has 9 heteroatoms. The van der Waals surface area contributed by atoms with Crippen molar-refractivity contribution in [2.75, 3.05) is 34.5 Å². The molecule has 46 heavy (non-hydrogen) atoms. The highest BCUT2D eigenvalue weighted by Crippen LogP contribution is 2.37. The third-order valence-electron chi connectivity index (χ3n) is 8.63. The lowest BCUT2D eigenvalue weighted by molar-refractivity contribution is -0.138. The van der Waals surface area contributed by atoms with Gasteiger partial charge in [-0.05, 0) is 71.2 Å². The SMILES string of the molecule is COc1ccc(COC[C@H](CC=O)[C@@H](OCc2ccc(OC)cc2)[C@@H](CO[Si](C)(C)C(C)(C)C)OCc2ccc(OC)cc2)cc1. The van der Waals surface area contributed by atoms with Crippen molar-refractivity contribution in [3.63, 3.8) is 0 Å². The second-order valence-electron chi connectivity index (χ2n) is 12.9. The van der Waals surface area contributed by atoms with Crippen LogP contribution in [0, 0.1) is 5.92 Å². The van der Waals surface area contributed by atoms with Crippen molar-refractivity contribution in [3.05, 3.63) is 89.5 Å². The summed E-state index contributed by atoms with van der Waals surface area (Å²) in [4.78, 5) is 12.1. The zero-order valence-electron chi connectivity index (χ0n) is 28.7. The molecule has 0 radical (unpaired) electrons. The largest absolute Gasteiger partial charge is 0.497 e. The lowest BCUT2D eigenvalue weighted by atomic mass is 9.95. The van der Waals surface area contributed by atoms with Crippen molar-refractivity contribution in [2.45, 2.75) is 77.4 Å². The molecule has 0 fully saturated rings. The normalized spacial score (nSPS) is 13.9. The number of ether oxygens (including phenoxy) is 6. The van der Waals surface area contributed by atoms with Gasteiger partial charge in [0, 0.05) is 12.3 Å². The van der Waals surface area contributed by atoms with Gasteiger partial charge >= 0.3 is 0 Å². The average Bonchev–Trinajstić information content (AvgIpc) is 3.05. The van der Waals surface area contributed by atoms with E-state index in [4.69, 9.17) is 32.8 Å². The van der Waals surface area contributed by atoms with Crippen molar-refractivity contribution in [2.24, 2.45) is 5.92 Å². The summed E-state index contributed by atoms with van der Waals surface area (Å²) in [6, 6.07) is 23.3. The van der Waals surface area contributed by atoms with Gasteiger partial charge in [-0.25, -0.2) is 0 Å². The van der Waals surface area contributed by atoms with E-state index in [2.05, 4.69) is 33.9 Å². The number of methoxy groups -OCH3 is 3. The van der Waals surface area contributed by atoms with Gasteiger partial charge in [0.2, 0.25) is 0 Å². The van der Waals surface area contributed by atoms with Crippen molar-refractivity contribution < 1.29 is 37.6 Å². The lowest BCUT2D eigenvalue weighted by Crippen LogP contribution is -2.48. The summed E-state index contributed by atoms with van der Waals surface area (Å²) >= 11 is 0. The van der Waals surface area contributed by atoms with Crippen LogP contribution in [0.3, 0.4) is 0 Å². The Labute approximate surface area is 276 Å². The van der Waals surface area contributed by atoms with Crippen LogP contribution in [-0.2, 0) is 43.3 Å². The fourth-order valence-electron chi connectivity index (χ4n) is 4.60. The van der Waals surface area contributed by atoms with Crippen LogP contribution in [0.5, 0.6) is 17.2 Å². The Kier molecular flexibility index (Phi) is 14.7. The molecule has 0 aromatic heterocycles. The Morgan fingerprint density at radius 1 is 0.652 bits per heavy atom. The Balaban J connectivity index is 1.89. The quantitative estimate of drug-likeness (QED) is 0.0911. The number of hydrogen-bond donors (Lipinski definition) is 0. The second kappa shape index (κ2) is 18.2. The standard InChI is InChI=1S/C37H52O8Si/c1-37(2,3)46(7,8)45-27-35(43-24-29-11-17-33(40-5)18-12-29)36(44-25-30-13-19-34(41-6)20-14-30)31(21-22-38)26-42-23-28-9-15-32(39-4)16-10-28/h9-20,22,31,35-36H,21,23-27H2,1-8H3/t31-,35+,36+/m0/s1. The van der Waals surface area contributed by atoms with Crippen LogP contribution in [0.4, 0.5) is 0 Å². The smallest absolute Gasteiger partial charge is 0.192 e. The van der Waals surface area contributed by atoms with Crippen LogP contribution in [0.2, 0.25) is 18.1 Å². The van der Waals surface area contributed by atoms with E-state index in [1.54, 1.807) is 21.3 Å². The van der Waals surface area contributed by atoms with Crippen LogP contribution in [-0.4, -0.2) is 61.4 Å². The molecular formula is C37H52O8Si. The maximum absolute atomic E-state index is 12.1. The van der Waals surface area contributed by atoms with E-state index in [-0.39, 0.29) is 17.4 Å². The lowest BCUT2D eigenvalue weighted by Gasteiger charge is -2.39. The summed E-state index contributed by atoms with van der Waals surface area (Å²) in [6.07, 6.45) is 0.217. The first kappa shape index (κ1) is 37.2. The van der Waals surface area contributed by atoms with Gasteiger partial charge in [-0.2, -0.15) is 0 Å². The molecule has 3 aromatic carbocycles. The predicted octanol–water partition coefficient (Wildman–Crippen LogP) is 7.63. The van der Waals surface area contributed by atoms with E-state index < -0.39 is 20.5 Å². The van der Waals surface area contributed by atoms with Crippen molar-refractivity contribution in [1.82, 2.24) is 0 Å². The van der Waals surface area contributed by atoms with Gasteiger partial charge in [0.15, 0.2) is 8.32 Å². The Morgan fingerprint density at radius 3 is 1.50 bits per heavy atom. The minimum absolute atomic E-state index is 0.0106. The highest BCUT2D eigenvalue weighted by atomic mass is 28.4. The number of aldehydes is 1. The maximum Gasteiger partial charge on any atom is 0.192 e. The highest BCUT2D eigenvalue weighted by Gasteiger charge is 2.40. The summed E-state index contributed by atoms with van der Waals surface area (Å²) in [7, 11) is 2.79. The summed E-state index contributed by atoms with van der Waals surface area (Å²) in [6.45, 7) is 12.8. The van der Waals surface area contributed by atoms with Gasteiger partial charge in [-0.1, -0.05) is 57.2 Å². The minimum Gasteiger partial charge on any atom is -0.497 e. The predicted molar refractivity (Wildman–Crippen MR) is 183 cm³/mol. The Bertz CT molecular complexity index is 1290. The molecule has 0 spiro atoms. The summed E-state index contributed by atoms with van der Waals surface area (Å²) in [5.74, 6) is 2.06. The number of hydrogen-bond acceptors (Lipinski definition) is 8. The van der Waals surface area contributed by atoms with E-state index in [9.17, 15) is 4.79 Å². The summed E-state index contributed by atoms with van der Waals surface area (Å²) in [5, 5.41) is 0.0106. The second-order valence-corrected chi connectivity index (χ2v) is 17.7. The Morgan fingerprint density at radius 2 is 1.09 bits per heavy atom. The van der Waals surface area contributed by atoms with Gasteiger partial charge in [0.05, 0.1) is 60.5 Å². The number of carbonyl (C=O) groups is 1. The van der Waals surface area contributed by atoms with E-state index >= 15 is 0 Å². The monoisotopic (exact) mass is 652 g/mol. The molecule has 3 aromatic rings. The molecule has 0 aliphatic rings. The molecule has 8 nitrogen and oxygen atoms in total. The zero-order valence-corrected chi connectivity index (χ0v) is 29.7. The fourth-order valence-corrected chi connectivity index (χ4v) is 5.62. The molecule has 0 unspecified atom stereocenters. The van der Waals surface area contributed by atoms with Crippen molar-refractivity contribution in [1.29, 1.82) is 0 Å². The van der Waals surface area contributed by atoms with Gasteiger partial charge < -0.3 is 37.6 Å². The van der Waals surface area contributed by atoms with Crippen LogP contribution < -0.4 is 14.2 Å². The third-order valence-corrected chi connectivity index (χ3v) is 13.1. The van der Waals surface area contributed by atoms with E-state index in [0.717, 1.165) is 40.2 Å². The first-order valence-corrected chi connectivity index (χ1v) is 18.7. The molecular weight excluding hydrogens is 600 g/mol. The summed E-state index contributed by atoms with van der Waals surface area (Å²) < 4.78 is 42.2. The van der Waals surface area contributed by atoms with Gasteiger partial charge in [0.1, 0.15) is 29.6 Å². The zero-order chi connectivity index (χ0) is 33.6. The van der Waals surface area contributed by atoms with Gasteiger partial charge in [-0.3, -0.25) is 0 Å². The summed E-state index contributed by atoms with van der Waals surface area (Å²) in [5.41, 5.74) is 2.98. The first-order valence-electron chi connectivity index (χ1n) is 15.8. The minimum atomic E-state index is -2.14. The van der Waals surface area contributed by atoms with E-state index in [1.165, 1.54) is 0 Å². The van der Waals surface area contributed by atoms with Gasteiger partial charge in [0.25, 0.3) is 0 Å². The molecule has 252 valence electrons. The maximum atomic E-state index is 12.1. The molecule has 0 saturated heterocycles. The number of rotatable bonds is 20. The molecule has 0 bridgehead atoms. The van der Waals surface area contributed by atoms with E-state index in [0.29, 0.717) is 33.0 Å². The highest BCUT2D eigenvalue weighted by molar-refractivity contribution is 6.74. The molecule has 0 aliphatic heterocycles. The van der Waals surface area contributed by atoms with Crippen molar-refractivity contribution in [3.8, 4) is 17.2 Å². The molecule has 3 rings (SSSR count). The Hall–Kier alpha value is -3.21. The third kappa shape index (κ3) is 11.5. The van der Waals surface area contributed by atoms with Crippen molar-refractivity contribution >= 4 is 14.6 Å². The number of carbonyl (C=O) groups excluding carboxylic acids is 1. The van der Waals surface area contributed by atoms with Crippen LogP contribution in [0.25, 0.3) is 0 Å². The topological polar surface area (TPSA) is 81.7 Å². The molecule has 0 aliphatic carbocycles. The molecule has 0 heterocycles.